The summed E-state index contributed by atoms with van der Waals surface area (Å²) in [6.07, 6.45) is 2.46. The third-order valence-corrected chi connectivity index (χ3v) is 5.86. The largest absolute Gasteiger partial charge is 0.489 e. The van der Waals surface area contributed by atoms with Crippen LogP contribution >= 0.6 is 11.3 Å². The third-order valence-electron chi connectivity index (χ3n) is 4.84. The van der Waals surface area contributed by atoms with Gasteiger partial charge in [0.05, 0.1) is 17.8 Å². The molecule has 2 amide bonds. The molecule has 3 heterocycles. The van der Waals surface area contributed by atoms with E-state index in [0.29, 0.717) is 24.3 Å². The fourth-order valence-corrected chi connectivity index (χ4v) is 4.59. The van der Waals surface area contributed by atoms with Gasteiger partial charge in [0, 0.05) is 6.04 Å². The van der Waals surface area contributed by atoms with Crippen molar-refractivity contribution in [2.75, 3.05) is 29.5 Å². The van der Waals surface area contributed by atoms with Crippen LogP contribution in [0.4, 0.5) is 15.6 Å². The first-order valence-corrected chi connectivity index (χ1v) is 9.40. The second kappa shape index (κ2) is 5.53. The van der Waals surface area contributed by atoms with Crippen molar-refractivity contribution >= 4 is 38.4 Å². The molecule has 1 aromatic carbocycles. The Morgan fingerprint density at radius 3 is 3.08 bits per heavy atom. The summed E-state index contributed by atoms with van der Waals surface area (Å²) in [5, 5.41) is 3.56. The summed E-state index contributed by atoms with van der Waals surface area (Å²) >= 11 is 1.54. The smallest absolute Gasteiger partial charge is 0.324 e. The first kappa shape index (κ1) is 14.8. The first-order chi connectivity index (χ1) is 12.3. The first-order valence-electron chi connectivity index (χ1n) is 8.58. The van der Waals surface area contributed by atoms with Crippen LogP contribution in [0.2, 0.25) is 0 Å². The maximum Gasteiger partial charge on any atom is 0.324 e. The Balaban J connectivity index is 1.63. The third kappa shape index (κ3) is 2.32. The van der Waals surface area contributed by atoms with Gasteiger partial charge in [-0.05, 0) is 31.9 Å². The van der Waals surface area contributed by atoms with Crippen molar-refractivity contribution in [1.29, 1.82) is 0 Å². The Morgan fingerprint density at radius 1 is 1.40 bits per heavy atom. The van der Waals surface area contributed by atoms with E-state index in [4.69, 9.17) is 9.72 Å². The Labute approximate surface area is 149 Å². The summed E-state index contributed by atoms with van der Waals surface area (Å²) in [7, 11) is 0. The van der Waals surface area contributed by atoms with Gasteiger partial charge in [0.25, 0.3) is 0 Å². The van der Waals surface area contributed by atoms with Crippen LogP contribution < -0.4 is 19.9 Å². The van der Waals surface area contributed by atoms with Gasteiger partial charge in [-0.2, -0.15) is 0 Å². The van der Waals surface area contributed by atoms with Gasteiger partial charge >= 0.3 is 6.03 Å². The lowest BCUT2D eigenvalue weighted by Crippen LogP contribution is -2.34. The monoisotopic (exact) mass is 354 g/mol. The normalized spacial score (nSPS) is 22.3. The van der Waals surface area contributed by atoms with Crippen LogP contribution in [0.5, 0.6) is 5.75 Å². The average Bonchev–Trinajstić information content (AvgIpc) is 3.28. The standard InChI is InChI=1S/C18H18N4O2S/c1-2-3-12-10-19-17(23)22(12)18-20-15-14(25-18)7-6-13-16(15)21(8-9-24-13)11-4-5-11/h6-7,11-12H,4-5,8-10H2,1H3,(H,19,23)/t12-/m1/s1. The number of nitrogens with one attached hydrogen (secondary N) is 1. The Hall–Kier alpha value is -2.46. The van der Waals surface area contributed by atoms with Gasteiger partial charge < -0.3 is 15.0 Å². The van der Waals surface area contributed by atoms with E-state index in [0.717, 1.165) is 28.2 Å². The number of fused-ring (bicyclic) bond motifs is 3. The molecule has 0 unspecified atom stereocenters. The number of hydrogen-bond donors (Lipinski definition) is 1. The molecule has 7 heteroatoms. The van der Waals surface area contributed by atoms with Crippen molar-refractivity contribution in [2.24, 2.45) is 0 Å². The summed E-state index contributed by atoms with van der Waals surface area (Å²) in [5.41, 5.74) is 2.03. The highest BCUT2D eigenvalue weighted by Gasteiger charge is 2.37. The summed E-state index contributed by atoms with van der Waals surface area (Å²) in [5.74, 6) is 6.90. The maximum atomic E-state index is 12.3. The van der Waals surface area contributed by atoms with Crippen molar-refractivity contribution < 1.29 is 9.53 Å². The molecule has 2 aromatic rings. The van der Waals surface area contributed by atoms with E-state index in [1.165, 1.54) is 24.2 Å². The number of hydrogen-bond acceptors (Lipinski definition) is 5. The summed E-state index contributed by atoms with van der Waals surface area (Å²) in [4.78, 5) is 21.2. The van der Waals surface area contributed by atoms with Gasteiger partial charge in [-0.25, -0.2) is 9.78 Å². The molecule has 1 saturated heterocycles. The minimum atomic E-state index is -0.162. The van der Waals surface area contributed by atoms with Crippen molar-refractivity contribution in [1.82, 2.24) is 10.3 Å². The SMILES string of the molecule is CC#C[C@@H]1CNC(=O)N1c1nc2c3c(ccc2s1)OCCN3C1CC1. The van der Waals surface area contributed by atoms with Crippen LogP contribution in [0.3, 0.4) is 0 Å². The van der Waals surface area contributed by atoms with Crippen LogP contribution in [0, 0.1) is 11.8 Å². The summed E-state index contributed by atoms with van der Waals surface area (Å²) in [6.45, 7) is 3.94. The van der Waals surface area contributed by atoms with E-state index in [1.54, 1.807) is 11.8 Å². The predicted molar refractivity (Wildman–Crippen MR) is 98.6 cm³/mol. The molecule has 1 atom stereocenters. The summed E-state index contributed by atoms with van der Waals surface area (Å²) < 4.78 is 6.94. The van der Waals surface area contributed by atoms with Crippen molar-refractivity contribution in [3.8, 4) is 17.6 Å². The molecule has 6 nitrogen and oxygen atoms in total. The quantitative estimate of drug-likeness (QED) is 0.842. The van der Waals surface area contributed by atoms with E-state index >= 15 is 0 Å². The highest BCUT2D eigenvalue weighted by Crippen LogP contribution is 2.46. The van der Waals surface area contributed by atoms with Crippen molar-refractivity contribution in [2.45, 2.75) is 31.8 Å². The van der Waals surface area contributed by atoms with E-state index in [-0.39, 0.29) is 12.1 Å². The van der Waals surface area contributed by atoms with E-state index in [2.05, 4.69) is 22.1 Å². The highest BCUT2D eigenvalue weighted by molar-refractivity contribution is 7.22. The number of rotatable bonds is 2. The Bertz CT molecular complexity index is 924. The number of ether oxygens (including phenoxy) is 1. The molecule has 1 N–H and O–H groups in total. The number of amides is 2. The number of aromatic nitrogens is 1. The number of benzene rings is 1. The van der Waals surface area contributed by atoms with Gasteiger partial charge in [-0.3, -0.25) is 4.90 Å². The second-order valence-electron chi connectivity index (χ2n) is 6.49. The number of carbonyl (C=O) groups excluding carboxylic acids is 1. The van der Waals surface area contributed by atoms with Crippen molar-refractivity contribution in [3.05, 3.63) is 12.1 Å². The molecular weight excluding hydrogens is 336 g/mol. The fourth-order valence-electron chi connectivity index (χ4n) is 3.57. The molecule has 25 heavy (non-hydrogen) atoms. The molecule has 0 radical (unpaired) electrons. The van der Waals surface area contributed by atoms with Crippen LogP contribution in [0.15, 0.2) is 12.1 Å². The van der Waals surface area contributed by atoms with Gasteiger partial charge in [0.2, 0.25) is 0 Å². The lowest BCUT2D eigenvalue weighted by Gasteiger charge is -2.31. The zero-order valence-electron chi connectivity index (χ0n) is 13.9. The zero-order chi connectivity index (χ0) is 17.0. The van der Waals surface area contributed by atoms with Crippen molar-refractivity contribution in [3.63, 3.8) is 0 Å². The van der Waals surface area contributed by atoms with Crippen LogP contribution in [0.25, 0.3) is 10.2 Å². The van der Waals surface area contributed by atoms with Crippen LogP contribution in [-0.2, 0) is 0 Å². The average molecular weight is 354 g/mol. The molecular formula is C18H18N4O2S. The molecule has 0 bridgehead atoms. The molecule has 1 saturated carbocycles. The molecule has 1 aliphatic carbocycles. The minimum Gasteiger partial charge on any atom is -0.489 e. The van der Waals surface area contributed by atoms with E-state index in [1.807, 2.05) is 12.1 Å². The number of thiazole rings is 1. The minimum absolute atomic E-state index is 0.129. The number of nitrogens with zero attached hydrogens (tertiary/aromatic N) is 3. The van der Waals surface area contributed by atoms with E-state index in [9.17, 15) is 4.79 Å². The molecule has 5 rings (SSSR count). The predicted octanol–water partition coefficient (Wildman–Crippen LogP) is 2.58. The number of carbonyl (C=O) groups is 1. The van der Waals surface area contributed by atoms with Gasteiger partial charge in [-0.15, -0.1) is 5.92 Å². The molecule has 2 fully saturated rings. The molecule has 0 spiro atoms. The molecule has 2 aliphatic heterocycles. The zero-order valence-corrected chi connectivity index (χ0v) is 14.7. The topological polar surface area (TPSA) is 57.7 Å². The number of anilines is 2. The molecule has 1 aromatic heterocycles. The summed E-state index contributed by atoms with van der Waals surface area (Å²) in [6, 6.07) is 4.38. The lowest BCUT2D eigenvalue weighted by molar-refractivity contribution is 0.252. The van der Waals surface area contributed by atoms with Gasteiger partial charge in [0.1, 0.15) is 29.6 Å². The lowest BCUT2D eigenvalue weighted by atomic mass is 10.2. The molecule has 3 aliphatic rings. The fraction of sp³-hybridized carbons (Fsp3) is 0.444. The maximum absolute atomic E-state index is 12.3. The van der Waals surface area contributed by atoms with Gasteiger partial charge in [0.15, 0.2) is 5.13 Å². The second-order valence-corrected chi connectivity index (χ2v) is 7.50. The molecule has 128 valence electrons. The number of urea groups is 1. The highest BCUT2D eigenvalue weighted by atomic mass is 32.1. The van der Waals surface area contributed by atoms with E-state index < -0.39 is 0 Å². The van der Waals surface area contributed by atoms with Crippen LogP contribution in [0.1, 0.15) is 19.8 Å². The Morgan fingerprint density at radius 2 is 2.28 bits per heavy atom. The Kier molecular flexibility index (Phi) is 3.28. The van der Waals surface area contributed by atoms with Gasteiger partial charge in [-0.1, -0.05) is 17.3 Å². The van der Waals surface area contributed by atoms with Crippen LogP contribution in [-0.4, -0.2) is 42.8 Å².